The molecule has 1 rings (SSSR count). The van der Waals surface area contributed by atoms with E-state index in [4.69, 9.17) is 0 Å². The molecule has 0 aromatic heterocycles. The van der Waals surface area contributed by atoms with Crippen LogP contribution in [0.1, 0.15) is 34.0 Å². The first-order valence-corrected chi connectivity index (χ1v) is 6.13. The van der Waals surface area contributed by atoms with E-state index >= 15 is 0 Å². The smallest absolute Gasteiger partial charge is 0.181 e. The van der Waals surface area contributed by atoms with Gasteiger partial charge in [0.2, 0.25) is 0 Å². The first-order chi connectivity index (χ1) is 6.57. The van der Waals surface area contributed by atoms with Gasteiger partial charge in [-0.3, -0.25) is 4.79 Å². The van der Waals surface area contributed by atoms with Crippen LogP contribution in [0.5, 0.6) is 0 Å². The topological polar surface area (TPSA) is 17.1 Å². The van der Waals surface area contributed by atoms with Crippen LogP contribution in [0.3, 0.4) is 0 Å². The van der Waals surface area contributed by atoms with Crippen molar-refractivity contribution in [3.05, 3.63) is 34.4 Å². The third-order valence-electron chi connectivity index (χ3n) is 2.51. The monoisotopic (exact) mass is 215 g/mol. The van der Waals surface area contributed by atoms with Gasteiger partial charge in [0, 0.05) is 24.4 Å². The summed E-state index contributed by atoms with van der Waals surface area (Å²) in [6, 6.07) is 4.12. The van der Waals surface area contributed by atoms with Crippen LogP contribution in [-0.4, -0.2) is 30.5 Å². The van der Waals surface area contributed by atoms with Crippen molar-refractivity contribution < 1.29 is 4.79 Å². The second-order valence-electron chi connectivity index (χ2n) is 3.56. The number of hydrogen-bond donors (Lipinski definition) is 0. The Morgan fingerprint density at radius 1 is 1.20 bits per heavy atom. The van der Waals surface area contributed by atoms with Crippen molar-refractivity contribution in [2.24, 2.45) is 0 Å². The van der Waals surface area contributed by atoms with Crippen LogP contribution < -0.4 is 0 Å². The van der Waals surface area contributed by atoms with Crippen LogP contribution in [0.15, 0.2) is 12.1 Å². The molecular formula is C12H17LiOP. The van der Waals surface area contributed by atoms with Crippen molar-refractivity contribution >= 4 is 33.0 Å². The summed E-state index contributed by atoms with van der Waals surface area (Å²) in [7, 11) is 0.416. The van der Waals surface area contributed by atoms with E-state index < -0.39 is 0 Å². The molecule has 1 radical (unpaired) electrons. The van der Waals surface area contributed by atoms with E-state index in [1.807, 2.05) is 19.9 Å². The van der Waals surface area contributed by atoms with Crippen LogP contribution in [0.4, 0.5) is 0 Å². The van der Waals surface area contributed by atoms with Gasteiger partial charge in [-0.2, -0.15) is 0 Å². The second-order valence-corrected chi connectivity index (χ2v) is 5.07. The number of aryl methyl sites for hydroxylation is 2. The van der Waals surface area contributed by atoms with Gasteiger partial charge in [0.05, 0.1) is 0 Å². The summed E-state index contributed by atoms with van der Waals surface area (Å²) in [6.45, 7) is 8.16. The van der Waals surface area contributed by atoms with Crippen molar-refractivity contribution in [3.8, 4) is 0 Å². The molecule has 1 nitrogen and oxygen atoms in total. The van der Waals surface area contributed by atoms with Gasteiger partial charge in [-0.15, -0.1) is 0 Å². The third-order valence-corrected chi connectivity index (χ3v) is 3.43. The van der Waals surface area contributed by atoms with Gasteiger partial charge in [0.25, 0.3) is 0 Å². The molecule has 1 aromatic carbocycles. The minimum absolute atomic E-state index is 0. The minimum atomic E-state index is 0. The summed E-state index contributed by atoms with van der Waals surface area (Å²) in [5.41, 5.74) is 4.73. The average Bonchev–Trinajstić information content (AvgIpc) is 2.13. The van der Waals surface area contributed by atoms with Gasteiger partial charge in [0.1, 0.15) is 0 Å². The summed E-state index contributed by atoms with van der Waals surface area (Å²) < 4.78 is 0. The molecular weight excluding hydrogens is 198 g/mol. The van der Waals surface area contributed by atoms with E-state index in [0.717, 1.165) is 22.9 Å². The van der Waals surface area contributed by atoms with Crippen molar-refractivity contribution in [2.45, 2.75) is 27.7 Å². The van der Waals surface area contributed by atoms with Crippen LogP contribution in [0.2, 0.25) is 0 Å². The zero-order valence-electron chi connectivity index (χ0n) is 10.3. The van der Waals surface area contributed by atoms with Crippen molar-refractivity contribution in [2.75, 3.05) is 6.16 Å². The van der Waals surface area contributed by atoms with Crippen LogP contribution in [-0.2, 0) is 0 Å². The standard InChI is InChI=1S/C12H17OP.Li/c1-5-14-12(13)11-9(3)7-6-8(2)10(11)4;/h6-7,14H,5H2,1-4H3;. The maximum absolute atomic E-state index is 11.9. The molecule has 0 spiro atoms. The van der Waals surface area contributed by atoms with E-state index in [1.54, 1.807) is 0 Å². The summed E-state index contributed by atoms with van der Waals surface area (Å²) in [5, 5.41) is 0. The molecule has 3 heteroatoms. The zero-order chi connectivity index (χ0) is 10.7. The zero-order valence-corrected chi connectivity index (χ0v) is 11.3. The molecule has 0 aliphatic carbocycles. The molecule has 1 aromatic rings. The van der Waals surface area contributed by atoms with Gasteiger partial charge >= 0.3 is 0 Å². The van der Waals surface area contributed by atoms with Gasteiger partial charge in [-0.1, -0.05) is 19.1 Å². The first-order valence-electron chi connectivity index (χ1n) is 4.93. The molecule has 1 atom stereocenters. The largest absolute Gasteiger partial charge is 0.289 e. The Bertz CT molecular complexity index is 361. The normalized spacial score (nSPS) is 10.4. The fraction of sp³-hybridized carbons (Fsp3) is 0.417. The summed E-state index contributed by atoms with van der Waals surface area (Å²) in [4.78, 5) is 11.9. The Balaban J connectivity index is 0.00000196. The van der Waals surface area contributed by atoms with Crippen LogP contribution in [0, 0.1) is 20.8 Å². The summed E-state index contributed by atoms with van der Waals surface area (Å²) in [5.74, 6) is 0. The summed E-state index contributed by atoms with van der Waals surface area (Å²) >= 11 is 0. The molecule has 0 amide bonds. The van der Waals surface area contributed by atoms with E-state index in [-0.39, 0.29) is 18.9 Å². The minimum Gasteiger partial charge on any atom is -0.289 e. The Hall–Kier alpha value is -0.0826. The van der Waals surface area contributed by atoms with E-state index in [0.29, 0.717) is 14.1 Å². The van der Waals surface area contributed by atoms with Crippen molar-refractivity contribution in [3.63, 3.8) is 0 Å². The van der Waals surface area contributed by atoms with E-state index in [1.165, 1.54) is 5.56 Å². The Labute approximate surface area is 106 Å². The number of carbonyl (C=O) groups excluding carboxylic acids is 1. The molecule has 0 fully saturated rings. The number of hydrogen-bond acceptors (Lipinski definition) is 1. The molecule has 0 saturated carbocycles. The molecule has 0 N–H and O–H groups in total. The fourth-order valence-electron chi connectivity index (χ4n) is 1.55. The third kappa shape index (κ3) is 3.46. The fourth-order valence-corrected chi connectivity index (χ4v) is 2.43. The predicted molar refractivity (Wildman–Crippen MR) is 69.6 cm³/mol. The van der Waals surface area contributed by atoms with Crippen molar-refractivity contribution in [1.29, 1.82) is 0 Å². The van der Waals surface area contributed by atoms with Crippen LogP contribution in [0.25, 0.3) is 0 Å². The van der Waals surface area contributed by atoms with E-state index in [2.05, 4.69) is 19.9 Å². The quantitative estimate of drug-likeness (QED) is 0.559. The molecule has 77 valence electrons. The summed E-state index contributed by atoms with van der Waals surface area (Å²) in [6.07, 6.45) is 0.950. The number of carbonyl (C=O) groups is 1. The van der Waals surface area contributed by atoms with Gasteiger partial charge < -0.3 is 0 Å². The molecule has 15 heavy (non-hydrogen) atoms. The van der Waals surface area contributed by atoms with Gasteiger partial charge in [-0.25, -0.2) is 0 Å². The number of benzene rings is 1. The molecule has 0 heterocycles. The molecule has 1 unspecified atom stereocenters. The second kappa shape index (κ2) is 6.49. The Morgan fingerprint density at radius 3 is 2.27 bits per heavy atom. The predicted octanol–water partition coefficient (Wildman–Crippen LogP) is 3.07. The maximum atomic E-state index is 11.9. The van der Waals surface area contributed by atoms with Gasteiger partial charge in [-0.05, 0) is 52.2 Å². The molecule has 0 bridgehead atoms. The Kier molecular flexibility index (Phi) is 6.45. The molecule has 0 aliphatic rings. The molecule has 0 saturated heterocycles. The Morgan fingerprint density at radius 2 is 1.73 bits per heavy atom. The first kappa shape index (κ1) is 14.9. The average molecular weight is 215 g/mol. The van der Waals surface area contributed by atoms with E-state index in [9.17, 15) is 4.79 Å². The van der Waals surface area contributed by atoms with Gasteiger partial charge in [0.15, 0.2) is 5.52 Å². The number of rotatable bonds is 3. The maximum Gasteiger partial charge on any atom is 0.181 e. The van der Waals surface area contributed by atoms with Crippen LogP contribution >= 0.6 is 8.58 Å². The van der Waals surface area contributed by atoms with Crippen molar-refractivity contribution in [1.82, 2.24) is 0 Å². The molecule has 0 aliphatic heterocycles. The SMILES string of the molecule is CCPC(=O)c1c(C)ccc(C)c1C.[Li].